The van der Waals surface area contributed by atoms with Crippen molar-refractivity contribution in [2.45, 2.75) is 58.7 Å². The second kappa shape index (κ2) is 9.66. The van der Waals surface area contributed by atoms with Crippen LogP contribution in [0.5, 0.6) is 0 Å². The molecule has 34 heavy (non-hydrogen) atoms. The van der Waals surface area contributed by atoms with Crippen molar-refractivity contribution in [1.82, 2.24) is 14.7 Å². The monoisotopic (exact) mass is 471 g/mol. The van der Waals surface area contributed by atoms with Gasteiger partial charge in [-0.25, -0.2) is 0 Å². The van der Waals surface area contributed by atoms with Gasteiger partial charge in [0, 0.05) is 51.0 Å². The molecule has 4 rings (SSSR count). The summed E-state index contributed by atoms with van der Waals surface area (Å²) in [6.45, 7) is 11.3. The van der Waals surface area contributed by atoms with Gasteiger partial charge in [0.1, 0.15) is 11.8 Å². The van der Waals surface area contributed by atoms with E-state index in [1.54, 1.807) is 15.9 Å². The van der Waals surface area contributed by atoms with Crippen LogP contribution < -0.4 is 0 Å². The molecule has 3 amide bonds. The van der Waals surface area contributed by atoms with Gasteiger partial charge >= 0.3 is 0 Å². The van der Waals surface area contributed by atoms with Crippen molar-refractivity contribution in [3.8, 4) is 0 Å². The predicted octanol–water partition coefficient (Wildman–Crippen LogP) is 2.45. The zero-order valence-corrected chi connectivity index (χ0v) is 20.8. The van der Waals surface area contributed by atoms with Crippen molar-refractivity contribution in [1.29, 1.82) is 0 Å². The van der Waals surface area contributed by atoms with Gasteiger partial charge in [-0.1, -0.05) is 38.5 Å². The minimum absolute atomic E-state index is 0.0844. The van der Waals surface area contributed by atoms with E-state index in [1.807, 2.05) is 30.0 Å². The summed E-state index contributed by atoms with van der Waals surface area (Å²) < 4.78 is 11.7. The Balaban J connectivity index is 1.58. The number of aryl methyl sites for hydroxylation is 1. The Labute approximate surface area is 202 Å². The van der Waals surface area contributed by atoms with E-state index < -0.39 is 11.8 Å². The highest BCUT2D eigenvalue weighted by Crippen LogP contribution is 2.39. The van der Waals surface area contributed by atoms with E-state index in [9.17, 15) is 14.4 Å². The number of morpholine rings is 1. The normalized spacial score (nSPS) is 22.8. The number of likely N-dealkylation sites (tertiary alicyclic amines) is 1. The number of hydrogen-bond donors (Lipinski definition) is 0. The minimum Gasteiger partial charge on any atom is -0.378 e. The first-order valence-corrected chi connectivity index (χ1v) is 12.3. The average Bonchev–Trinajstić information content (AvgIpc) is 3.16. The standard InChI is InChI=1S/C26H37N3O5/c1-19-6-5-7-20(16-19)23(31)29-21(24(32)28-12-14-33-15-13-28)18-34-26(29)8-10-27(11-9-26)22(30)17-25(2,3)4/h5-7,16,21H,8-15,17-18H2,1-4H3. The Morgan fingerprint density at radius 2 is 1.71 bits per heavy atom. The molecule has 8 heteroatoms. The Morgan fingerprint density at radius 1 is 1.03 bits per heavy atom. The van der Waals surface area contributed by atoms with Gasteiger partial charge in [0.2, 0.25) is 11.8 Å². The van der Waals surface area contributed by atoms with Crippen molar-refractivity contribution >= 4 is 17.7 Å². The van der Waals surface area contributed by atoms with Crippen LogP contribution >= 0.6 is 0 Å². The molecule has 0 aliphatic carbocycles. The lowest BCUT2D eigenvalue weighted by Crippen LogP contribution is -2.60. The van der Waals surface area contributed by atoms with Crippen LogP contribution in [-0.4, -0.2) is 90.2 Å². The molecule has 1 aromatic carbocycles. The summed E-state index contributed by atoms with van der Waals surface area (Å²) in [5.74, 6) is -0.160. The lowest BCUT2D eigenvalue weighted by Gasteiger charge is -2.45. The van der Waals surface area contributed by atoms with Crippen LogP contribution in [0, 0.1) is 12.3 Å². The van der Waals surface area contributed by atoms with E-state index in [2.05, 4.69) is 20.8 Å². The van der Waals surface area contributed by atoms with Crippen LogP contribution in [0.1, 0.15) is 56.0 Å². The first-order chi connectivity index (χ1) is 16.1. The molecule has 0 saturated carbocycles. The van der Waals surface area contributed by atoms with Gasteiger partial charge in [-0.05, 0) is 24.5 Å². The van der Waals surface area contributed by atoms with Crippen LogP contribution in [0.2, 0.25) is 0 Å². The molecule has 0 N–H and O–H groups in total. The molecule has 1 aromatic rings. The predicted molar refractivity (Wildman–Crippen MR) is 127 cm³/mol. The van der Waals surface area contributed by atoms with Gasteiger partial charge in [-0.15, -0.1) is 0 Å². The first-order valence-electron chi connectivity index (χ1n) is 12.3. The molecule has 1 spiro atoms. The van der Waals surface area contributed by atoms with Crippen LogP contribution in [-0.2, 0) is 19.1 Å². The first kappa shape index (κ1) is 24.7. The molecular formula is C26H37N3O5. The Morgan fingerprint density at radius 3 is 2.32 bits per heavy atom. The van der Waals surface area contributed by atoms with E-state index in [-0.39, 0.29) is 29.7 Å². The quantitative estimate of drug-likeness (QED) is 0.677. The second-order valence-corrected chi connectivity index (χ2v) is 10.9. The summed E-state index contributed by atoms with van der Waals surface area (Å²) in [7, 11) is 0. The molecular weight excluding hydrogens is 434 g/mol. The summed E-state index contributed by atoms with van der Waals surface area (Å²) in [6, 6.07) is 6.77. The minimum atomic E-state index is -0.883. The average molecular weight is 472 g/mol. The maximum Gasteiger partial charge on any atom is 0.256 e. The van der Waals surface area contributed by atoms with Gasteiger partial charge in [0.05, 0.1) is 19.8 Å². The summed E-state index contributed by atoms with van der Waals surface area (Å²) in [4.78, 5) is 45.5. The van der Waals surface area contributed by atoms with Crippen LogP contribution in [0.25, 0.3) is 0 Å². The lowest BCUT2D eigenvalue weighted by molar-refractivity contribution is -0.147. The number of hydrogen-bond acceptors (Lipinski definition) is 5. The van der Waals surface area contributed by atoms with Gasteiger partial charge in [-0.2, -0.15) is 0 Å². The number of nitrogens with zero attached hydrogens (tertiary/aromatic N) is 3. The second-order valence-electron chi connectivity index (χ2n) is 10.9. The topological polar surface area (TPSA) is 79.4 Å². The van der Waals surface area contributed by atoms with Crippen molar-refractivity contribution in [2.24, 2.45) is 5.41 Å². The molecule has 186 valence electrons. The number of carbonyl (C=O) groups is 3. The van der Waals surface area contributed by atoms with Crippen LogP contribution in [0.3, 0.4) is 0 Å². The van der Waals surface area contributed by atoms with Crippen molar-refractivity contribution in [2.75, 3.05) is 46.0 Å². The number of rotatable bonds is 3. The van der Waals surface area contributed by atoms with Crippen molar-refractivity contribution in [3.63, 3.8) is 0 Å². The van der Waals surface area contributed by atoms with Gasteiger partial charge in [0.25, 0.3) is 5.91 Å². The van der Waals surface area contributed by atoms with Gasteiger partial charge in [-0.3, -0.25) is 19.3 Å². The highest BCUT2D eigenvalue weighted by atomic mass is 16.5. The third kappa shape index (κ3) is 5.13. The van der Waals surface area contributed by atoms with Gasteiger partial charge in [0.15, 0.2) is 0 Å². The maximum absolute atomic E-state index is 13.8. The molecule has 3 saturated heterocycles. The fraction of sp³-hybridized carbons (Fsp3) is 0.654. The van der Waals surface area contributed by atoms with Gasteiger partial charge < -0.3 is 19.3 Å². The highest BCUT2D eigenvalue weighted by Gasteiger charge is 2.55. The molecule has 3 aliphatic rings. The van der Waals surface area contributed by atoms with Crippen molar-refractivity contribution < 1.29 is 23.9 Å². The van der Waals surface area contributed by atoms with E-state index in [1.165, 1.54) is 0 Å². The third-order valence-electron chi connectivity index (χ3n) is 6.93. The van der Waals surface area contributed by atoms with Crippen LogP contribution in [0.4, 0.5) is 0 Å². The van der Waals surface area contributed by atoms with Crippen molar-refractivity contribution in [3.05, 3.63) is 35.4 Å². The van der Waals surface area contributed by atoms with E-state index in [0.717, 1.165) is 5.56 Å². The van der Waals surface area contributed by atoms with E-state index in [4.69, 9.17) is 9.47 Å². The Kier molecular flexibility index (Phi) is 7.01. The summed E-state index contributed by atoms with van der Waals surface area (Å²) >= 11 is 0. The SMILES string of the molecule is Cc1cccc(C(=O)N2C(C(=O)N3CCOCC3)COC23CCN(C(=O)CC(C)(C)C)CC3)c1. The fourth-order valence-electron chi connectivity index (χ4n) is 5.14. The number of ether oxygens (including phenoxy) is 2. The summed E-state index contributed by atoms with van der Waals surface area (Å²) in [5.41, 5.74) is 0.569. The molecule has 0 bridgehead atoms. The molecule has 3 heterocycles. The smallest absolute Gasteiger partial charge is 0.256 e. The summed E-state index contributed by atoms with van der Waals surface area (Å²) in [6.07, 6.45) is 1.46. The highest BCUT2D eigenvalue weighted by molar-refractivity contribution is 5.98. The zero-order chi connectivity index (χ0) is 24.5. The third-order valence-corrected chi connectivity index (χ3v) is 6.93. The molecule has 0 aromatic heterocycles. The number of amides is 3. The Hall–Kier alpha value is -2.45. The number of carbonyl (C=O) groups excluding carboxylic acids is 3. The largest absolute Gasteiger partial charge is 0.378 e. The number of piperidine rings is 1. The molecule has 8 nitrogen and oxygen atoms in total. The maximum atomic E-state index is 13.8. The van der Waals surface area contributed by atoms with Crippen LogP contribution in [0.15, 0.2) is 24.3 Å². The molecule has 3 aliphatic heterocycles. The Bertz CT molecular complexity index is 927. The number of benzene rings is 1. The summed E-state index contributed by atoms with van der Waals surface area (Å²) in [5, 5.41) is 0. The molecule has 1 unspecified atom stereocenters. The molecule has 1 atom stereocenters. The zero-order valence-electron chi connectivity index (χ0n) is 20.8. The van der Waals surface area contributed by atoms with E-state index in [0.29, 0.717) is 64.2 Å². The van der Waals surface area contributed by atoms with E-state index >= 15 is 0 Å². The molecule has 0 radical (unpaired) electrons. The molecule has 3 fully saturated rings. The lowest BCUT2D eigenvalue weighted by atomic mass is 9.90. The fourth-order valence-corrected chi connectivity index (χ4v) is 5.14.